The van der Waals surface area contributed by atoms with Crippen molar-refractivity contribution in [3.05, 3.63) is 23.0 Å². The molecule has 1 saturated carbocycles. The topological polar surface area (TPSA) is 79.4 Å². The van der Waals surface area contributed by atoms with Crippen molar-refractivity contribution in [2.45, 2.75) is 38.8 Å². The molecule has 16 heavy (non-hydrogen) atoms. The van der Waals surface area contributed by atoms with Crippen molar-refractivity contribution >= 4 is 0 Å². The normalized spacial score (nSPS) is 17.4. The van der Waals surface area contributed by atoms with Gasteiger partial charge in [0.1, 0.15) is 5.75 Å². The van der Waals surface area contributed by atoms with Crippen molar-refractivity contribution in [2.75, 3.05) is 0 Å². The molecule has 1 heterocycles. The van der Waals surface area contributed by atoms with Crippen LogP contribution in [0.15, 0.2) is 6.20 Å². The summed E-state index contributed by atoms with van der Waals surface area (Å²) in [7, 11) is 0. The van der Waals surface area contributed by atoms with Crippen LogP contribution >= 0.6 is 0 Å². The smallest absolute Gasteiger partial charge is 0.141 e. The number of aromatic nitrogens is 1. The summed E-state index contributed by atoms with van der Waals surface area (Å²) in [5.41, 5.74) is 7.95. The van der Waals surface area contributed by atoms with Crippen molar-refractivity contribution in [3.8, 4) is 5.75 Å². The Morgan fingerprint density at radius 3 is 2.81 bits per heavy atom. The zero-order chi connectivity index (χ0) is 11.7. The number of aromatic hydroxyl groups is 1. The molecule has 1 aliphatic rings. The van der Waals surface area contributed by atoms with Crippen LogP contribution in [0, 0.1) is 12.8 Å². The van der Waals surface area contributed by atoms with E-state index in [-0.39, 0.29) is 18.4 Å². The second-order valence-corrected chi connectivity index (χ2v) is 4.57. The van der Waals surface area contributed by atoms with Crippen LogP contribution in [0.3, 0.4) is 0 Å². The van der Waals surface area contributed by atoms with Gasteiger partial charge in [-0.1, -0.05) is 12.8 Å². The van der Waals surface area contributed by atoms with E-state index in [2.05, 4.69) is 4.98 Å². The van der Waals surface area contributed by atoms with E-state index in [1.54, 1.807) is 13.1 Å². The fourth-order valence-corrected chi connectivity index (χ4v) is 2.02. The highest BCUT2D eigenvalue weighted by Gasteiger charge is 2.27. The minimum Gasteiger partial charge on any atom is -0.506 e. The Bertz CT molecular complexity index is 389. The van der Waals surface area contributed by atoms with Gasteiger partial charge in [0, 0.05) is 23.4 Å². The zero-order valence-corrected chi connectivity index (χ0v) is 9.48. The van der Waals surface area contributed by atoms with Gasteiger partial charge in [0.05, 0.1) is 12.3 Å². The molecule has 0 bridgehead atoms. The third kappa shape index (κ3) is 2.18. The number of pyridine rings is 1. The van der Waals surface area contributed by atoms with Crippen LogP contribution in [0.5, 0.6) is 5.75 Å². The number of hydrogen-bond donors (Lipinski definition) is 3. The molecule has 1 aliphatic carbocycles. The molecule has 2 rings (SSSR count). The molecule has 0 radical (unpaired) electrons. The molecule has 1 aromatic rings. The summed E-state index contributed by atoms with van der Waals surface area (Å²) in [6, 6.07) is -0.198. The van der Waals surface area contributed by atoms with E-state index in [4.69, 9.17) is 5.73 Å². The number of nitrogens with two attached hydrogens (primary N) is 1. The van der Waals surface area contributed by atoms with Gasteiger partial charge in [-0.25, -0.2) is 0 Å². The fourth-order valence-electron chi connectivity index (χ4n) is 2.02. The van der Waals surface area contributed by atoms with E-state index < -0.39 is 0 Å². The summed E-state index contributed by atoms with van der Waals surface area (Å²) in [5.74, 6) is 0.828. The molecule has 0 aromatic carbocycles. The predicted molar refractivity (Wildman–Crippen MR) is 60.8 cm³/mol. The van der Waals surface area contributed by atoms with Crippen LogP contribution in [-0.4, -0.2) is 15.2 Å². The maximum atomic E-state index is 9.96. The first-order valence-corrected chi connectivity index (χ1v) is 5.67. The molecule has 4 nitrogen and oxygen atoms in total. The monoisotopic (exact) mass is 222 g/mol. The lowest BCUT2D eigenvalue weighted by Gasteiger charge is -2.17. The highest BCUT2D eigenvalue weighted by atomic mass is 16.3. The molecule has 1 fully saturated rings. The Labute approximate surface area is 95.1 Å². The van der Waals surface area contributed by atoms with Gasteiger partial charge < -0.3 is 15.9 Å². The van der Waals surface area contributed by atoms with E-state index in [1.807, 2.05) is 0 Å². The van der Waals surface area contributed by atoms with E-state index in [9.17, 15) is 10.2 Å². The number of hydrogen-bond acceptors (Lipinski definition) is 4. The fraction of sp³-hybridized carbons (Fsp3) is 0.583. The number of aryl methyl sites for hydroxylation is 1. The van der Waals surface area contributed by atoms with Gasteiger partial charge in [0.25, 0.3) is 0 Å². The molecule has 1 aromatic heterocycles. The van der Waals surface area contributed by atoms with Crippen LogP contribution in [-0.2, 0) is 6.61 Å². The lowest BCUT2D eigenvalue weighted by Crippen LogP contribution is -2.14. The van der Waals surface area contributed by atoms with Gasteiger partial charge in [0.2, 0.25) is 0 Å². The van der Waals surface area contributed by atoms with Gasteiger partial charge in [-0.15, -0.1) is 0 Å². The van der Waals surface area contributed by atoms with E-state index >= 15 is 0 Å². The first-order valence-electron chi connectivity index (χ1n) is 5.67. The summed E-state index contributed by atoms with van der Waals surface area (Å²) >= 11 is 0. The number of rotatable bonds is 4. The van der Waals surface area contributed by atoms with Crippen LogP contribution < -0.4 is 5.73 Å². The first-order chi connectivity index (χ1) is 7.63. The van der Waals surface area contributed by atoms with Crippen molar-refractivity contribution < 1.29 is 10.2 Å². The second kappa shape index (κ2) is 4.39. The quantitative estimate of drug-likeness (QED) is 0.719. The average Bonchev–Trinajstić information content (AvgIpc) is 3.05. The summed E-state index contributed by atoms with van der Waals surface area (Å²) in [5, 5.41) is 19.2. The number of aliphatic hydroxyl groups is 1. The van der Waals surface area contributed by atoms with Gasteiger partial charge in [-0.05, 0) is 19.3 Å². The summed E-state index contributed by atoms with van der Waals surface area (Å²) in [4.78, 5) is 4.02. The molecule has 4 heteroatoms. The van der Waals surface area contributed by atoms with E-state index in [0.29, 0.717) is 22.7 Å². The zero-order valence-electron chi connectivity index (χ0n) is 9.48. The number of aliphatic hydroxyl groups excluding tert-OH is 1. The first kappa shape index (κ1) is 11.4. The average molecular weight is 222 g/mol. The molecule has 0 aliphatic heterocycles. The van der Waals surface area contributed by atoms with E-state index in [0.717, 1.165) is 6.42 Å². The Morgan fingerprint density at radius 1 is 1.56 bits per heavy atom. The third-order valence-electron chi connectivity index (χ3n) is 3.18. The molecule has 88 valence electrons. The minimum atomic E-state index is -0.198. The Balaban J connectivity index is 2.31. The minimum absolute atomic E-state index is 0.130. The SMILES string of the molecule is Cc1ncc(CO)c([C@@H](N)CC2CC2)c1O. The summed E-state index contributed by atoms with van der Waals surface area (Å²) < 4.78 is 0. The lowest BCUT2D eigenvalue weighted by molar-refractivity contribution is 0.277. The van der Waals surface area contributed by atoms with Crippen LogP contribution in [0.4, 0.5) is 0 Å². The van der Waals surface area contributed by atoms with Crippen molar-refractivity contribution in [3.63, 3.8) is 0 Å². The molecule has 0 unspecified atom stereocenters. The van der Waals surface area contributed by atoms with Gasteiger partial charge >= 0.3 is 0 Å². The second-order valence-electron chi connectivity index (χ2n) is 4.57. The van der Waals surface area contributed by atoms with Crippen molar-refractivity contribution in [1.29, 1.82) is 0 Å². The van der Waals surface area contributed by atoms with Crippen LogP contribution in [0.25, 0.3) is 0 Å². The number of nitrogens with zero attached hydrogens (tertiary/aromatic N) is 1. The van der Waals surface area contributed by atoms with Crippen molar-refractivity contribution in [2.24, 2.45) is 11.7 Å². The van der Waals surface area contributed by atoms with Gasteiger partial charge in [-0.3, -0.25) is 4.98 Å². The predicted octanol–water partition coefficient (Wildman–Crippen LogP) is 1.39. The van der Waals surface area contributed by atoms with Crippen LogP contribution in [0.2, 0.25) is 0 Å². The van der Waals surface area contributed by atoms with Crippen LogP contribution in [0.1, 0.15) is 42.1 Å². The molecule has 0 saturated heterocycles. The highest BCUT2D eigenvalue weighted by molar-refractivity contribution is 5.42. The molecule has 0 spiro atoms. The molecule has 4 N–H and O–H groups in total. The standard InChI is InChI=1S/C12H18N2O2/c1-7-12(16)11(9(6-15)5-14-7)10(13)4-8-2-3-8/h5,8,10,15-16H,2-4,6,13H2,1H3/t10-/m0/s1. The molecular weight excluding hydrogens is 204 g/mol. The molecular formula is C12H18N2O2. The third-order valence-corrected chi connectivity index (χ3v) is 3.18. The maximum absolute atomic E-state index is 9.96. The molecule has 1 atom stereocenters. The maximum Gasteiger partial charge on any atom is 0.141 e. The Kier molecular flexibility index (Phi) is 3.12. The molecule has 0 amide bonds. The van der Waals surface area contributed by atoms with Gasteiger partial charge in [0.15, 0.2) is 0 Å². The summed E-state index contributed by atoms with van der Waals surface area (Å²) in [6.45, 7) is 1.61. The Hall–Kier alpha value is -1.13. The lowest BCUT2D eigenvalue weighted by atomic mass is 9.97. The van der Waals surface area contributed by atoms with Gasteiger partial charge in [-0.2, -0.15) is 0 Å². The van der Waals surface area contributed by atoms with E-state index in [1.165, 1.54) is 12.8 Å². The van der Waals surface area contributed by atoms with Crippen molar-refractivity contribution in [1.82, 2.24) is 4.98 Å². The Morgan fingerprint density at radius 2 is 2.25 bits per heavy atom. The largest absolute Gasteiger partial charge is 0.506 e. The highest BCUT2D eigenvalue weighted by Crippen LogP contribution is 2.39. The summed E-state index contributed by atoms with van der Waals surface area (Å²) in [6.07, 6.45) is 4.93.